The molecule has 3 rings (SSSR count). The standard InChI is InChI=1S/C22H31N5O2/c1-5-6-11-25(3)21(28)18-16-17(2)23-22(24-18)27-14-12-26(13-15-27)19-9-7-8-10-20(19)29-4/h7-10,16H,5-6,11-15H2,1-4H3. The second-order valence-corrected chi connectivity index (χ2v) is 7.42. The van der Waals surface area contributed by atoms with Gasteiger partial charge in [-0.25, -0.2) is 9.97 Å². The number of para-hydroxylation sites is 2. The zero-order valence-corrected chi connectivity index (χ0v) is 17.9. The van der Waals surface area contributed by atoms with Crippen LogP contribution in [0.15, 0.2) is 30.3 Å². The highest BCUT2D eigenvalue weighted by atomic mass is 16.5. The molecule has 0 saturated carbocycles. The van der Waals surface area contributed by atoms with Crippen molar-refractivity contribution in [2.45, 2.75) is 26.7 Å². The number of aromatic nitrogens is 2. The van der Waals surface area contributed by atoms with E-state index in [1.165, 1.54) is 0 Å². The van der Waals surface area contributed by atoms with Gasteiger partial charge in [-0.3, -0.25) is 4.79 Å². The Bertz CT molecular complexity index is 834. The molecule has 29 heavy (non-hydrogen) atoms. The minimum atomic E-state index is -0.0437. The third kappa shape index (κ3) is 4.96. The lowest BCUT2D eigenvalue weighted by atomic mass is 10.2. The van der Waals surface area contributed by atoms with Crippen molar-refractivity contribution in [1.82, 2.24) is 14.9 Å². The Morgan fingerprint density at radius 3 is 2.52 bits per heavy atom. The molecule has 1 aromatic carbocycles. The fourth-order valence-corrected chi connectivity index (χ4v) is 3.53. The summed E-state index contributed by atoms with van der Waals surface area (Å²) in [6.45, 7) is 8.05. The molecule has 0 aliphatic carbocycles. The number of carbonyl (C=O) groups is 1. The predicted molar refractivity (Wildman–Crippen MR) is 116 cm³/mol. The van der Waals surface area contributed by atoms with Gasteiger partial charge >= 0.3 is 0 Å². The molecule has 2 heterocycles. The van der Waals surface area contributed by atoms with Gasteiger partial charge in [0, 0.05) is 45.5 Å². The smallest absolute Gasteiger partial charge is 0.272 e. The van der Waals surface area contributed by atoms with E-state index in [0.717, 1.165) is 62.7 Å². The van der Waals surface area contributed by atoms with E-state index in [9.17, 15) is 4.79 Å². The van der Waals surface area contributed by atoms with Crippen molar-refractivity contribution >= 4 is 17.5 Å². The third-order valence-corrected chi connectivity index (χ3v) is 5.24. The van der Waals surface area contributed by atoms with E-state index in [1.807, 2.05) is 32.2 Å². The van der Waals surface area contributed by atoms with Gasteiger partial charge in [-0.05, 0) is 31.5 Å². The Morgan fingerprint density at radius 1 is 1.14 bits per heavy atom. The average Bonchev–Trinajstić information content (AvgIpc) is 2.76. The summed E-state index contributed by atoms with van der Waals surface area (Å²) in [5.41, 5.74) is 2.39. The topological polar surface area (TPSA) is 61.8 Å². The first-order chi connectivity index (χ1) is 14.0. The van der Waals surface area contributed by atoms with Crippen molar-refractivity contribution in [3.63, 3.8) is 0 Å². The molecular formula is C22H31N5O2. The van der Waals surface area contributed by atoms with E-state index in [4.69, 9.17) is 4.74 Å². The maximum Gasteiger partial charge on any atom is 0.272 e. The van der Waals surface area contributed by atoms with Crippen LogP contribution in [-0.4, -0.2) is 67.7 Å². The number of piperazine rings is 1. The van der Waals surface area contributed by atoms with Crippen molar-refractivity contribution in [1.29, 1.82) is 0 Å². The van der Waals surface area contributed by atoms with Gasteiger partial charge < -0.3 is 19.4 Å². The van der Waals surface area contributed by atoms with Crippen LogP contribution in [0.2, 0.25) is 0 Å². The number of hydrogen-bond donors (Lipinski definition) is 0. The van der Waals surface area contributed by atoms with E-state index in [0.29, 0.717) is 11.6 Å². The van der Waals surface area contributed by atoms with Crippen LogP contribution in [0.3, 0.4) is 0 Å². The molecule has 0 unspecified atom stereocenters. The van der Waals surface area contributed by atoms with Gasteiger partial charge in [0.05, 0.1) is 12.8 Å². The lowest BCUT2D eigenvalue weighted by Gasteiger charge is -2.36. The molecule has 1 aliphatic rings. The Morgan fingerprint density at radius 2 is 1.83 bits per heavy atom. The van der Waals surface area contributed by atoms with E-state index in [-0.39, 0.29) is 5.91 Å². The van der Waals surface area contributed by atoms with Crippen LogP contribution in [0.1, 0.15) is 35.9 Å². The average molecular weight is 398 g/mol. The molecule has 0 spiro atoms. The number of anilines is 2. The van der Waals surface area contributed by atoms with E-state index in [1.54, 1.807) is 18.1 Å². The second kappa shape index (κ2) is 9.58. The molecule has 7 heteroatoms. The van der Waals surface area contributed by atoms with Gasteiger partial charge in [0.1, 0.15) is 11.4 Å². The summed E-state index contributed by atoms with van der Waals surface area (Å²) < 4.78 is 5.50. The first kappa shape index (κ1) is 20.9. The van der Waals surface area contributed by atoms with Crippen LogP contribution in [0, 0.1) is 6.92 Å². The highest BCUT2D eigenvalue weighted by molar-refractivity contribution is 5.92. The molecule has 7 nitrogen and oxygen atoms in total. The number of amides is 1. The number of unbranched alkanes of at least 4 members (excludes halogenated alkanes) is 1. The molecular weight excluding hydrogens is 366 g/mol. The van der Waals surface area contributed by atoms with Gasteiger partial charge in [-0.15, -0.1) is 0 Å². The number of aryl methyl sites for hydroxylation is 1. The monoisotopic (exact) mass is 397 g/mol. The van der Waals surface area contributed by atoms with Gasteiger partial charge in [0.25, 0.3) is 5.91 Å². The lowest BCUT2D eigenvalue weighted by Crippen LogP contribution is -2.47. The van der Waals surface area contributed by atoms with Crippen molar-refractivity contribution in [2.75, 3.05) is 56.7 Å². The number of nitrogens with zero attached hydrogens (tertiary/aromatic N) is 5. The van der Waals surface area contributed by atoms with Crippen molar-refractivity contribution in [3.8, 4) is 5.75 Å². The number of rotatable bonds is 7. The van der Waals surface area contributed by atoms with Crippen LogP contribution in [0.4, 0.5) is 11.6 Å². The SMILES string of the molecule is CCCCN(C)C(=O)c1cc(C)nc(N2CCN(c3ccccc3OC)CC2)n1. The van der Waals surface area contributed by atoms with Crippen LogP contribution in [0.5, 0.6) is 5.75 Å². The van der Waals surface area contributed by atoms with Crippen molar-refractivity contribution < 1.29 is 9.53 Å². The molecule has 1 aliphatic heterocycles. The largest absolute Gasteiger partial charge is 0.495 e. The number of hydrogen-bond acceptors (Lipinski definition) is 6. The number of benzene rings is 1. The first-order valence-electron chi connectivity index (χ1n) is 10.3. The minimum Gasteiger partial charge on any atom is -0.495 e. The normalized spacial score (nSPS) is 14.1. The Labute approximate surface area is 173 Å². The zero-order valence-electron chi connectivity index (χ0n) is 17.9. The molecule has 0 N–H and O–H groups in total. The van der Waals surface area contributed by atoms with Crippen LogP contribution >= 0.6 is 0 Å². The fourth-order valence-electron chi connectivity index (χ4n) is 3.53. The zero-order chi connectivity index (χ0) is 20.8. The minimum absolute atomic E-state index is 0.0437. The molecule has 0 atom stereocenters. The second-order valence-electron chi connectivity index (χ2n) is 7.42. The Kier molecular flexibility index (Phi) is 6.90. The summed E-state index contributed by atoms with van der Waals surface area (Å²) in [7, 11) is 3.53. The predicted octanol–water partition coefficient (Wildman–Crippen LogP) is 2.99. The number of methoxy groups -OCH3 is 1. The third-order valence-electron chi connectivity index (χ3n) is 5.24. The lowest BCUT2D eigenvalue weighted by molar-refractivity contribution is 0.0787. The highest BCUT2D eigenvalue weighted by Gasteiger charge is 2.23. The quantitative estimate of drug-likeness (QED) is 0.716. The van der Waals surface area contributed by atoms with Crippen molar-refractivity contribution in [3.05, 3.63) is 41.7 Å². The van der Waals surface area contributed by atoms with E-state index < -0.39 is 0 Å². The molecule has 2 aromatic rings. The maximum absolute atomic E-state index is 12.7. The molecule has 156 valence electrons. The Hall–Kier alpha value is -2.83. The molecule has 0 radical (unpaired) electrons. The first-order valence-corrected chi connectivity index (χ1v) is 10.3. The summed E-state index contributed by atoms with van der Waals surface area (Å²) in [4.78, 5) is 28.1. The summed E-state index contributed by atoms with van der Waals surface area (Å²) >= 11 is 0. The van der Waals surface area contributed by atoms with E-state index in [2.05, 4.69) is 32.8 Å². The molecule has 1 amide bonds. The molecule has 1 saturated heterocycles. The summed E-state index contributed by atoms with van der Waals surface area (Å²) in [5, 5.41) is 0. The number of ether oxygens (including phenoxy) is 1. The maximum atomic E-state index is 12.7. The van der Waals surface area contributed by atoms with Crippen LogP contribution < -0.4 is 14.5 Å². The Balaban J connectivity index is 1.70. The van der Waals surface area contributed by atoms with Gasteiger partial charge in [-0.1, -0.05) is 25.5 Å². The summed E-state index contributed by atoms with van der Waals surface area (Å²) in [6, 6.07) is 9.86. The van der Waals surface area contributed by atoms with Crippen LogP contribution in [-0.2, 0) is 0 Å². The number of carbonyl (C=O) groups excluding carboxylic acids is 1. The van der Waals surface area contributed by atoms with Crippen molar-refractivity contribution in [2.24, 2.45) is 0 Å². The summed E-state index contributed by atoms with van der Waals surface area (Å²) in [5.74, 6) is 1.48. The van der Waals surface area contributed by atoms with E-state index >= 15 is 0 Å². The molecule has 0 bridgehead atoms. The highest BCUT2D eigenvalue weighted by Crippen LogP contribution is 2.28. The van der Waals surface area contributed by atoms with Crippen LogP contribution in [0.25, 0.3) is 0 Å². The summed E-state index contributed by atoms with van der Waals surface area (Å²) in [6.07, 6.45) is 2.05. The molecule has 1 aromatic heterocycles. The van der Waals surface area contributed by atoms with Gasteiger partial charge in [0.15, 0.2) is 0 Å². The van der Waals surface area contributed by atoms with Gasteiger partial charge in [0.2, 0.25) is 5.95 Å². The van der Waals surface area contributed by atoms with Gasteiger partial charge in [-0.2, -0.15) is 0 Å². The fraction of sp³-hybridized carbons (Fsp3) is 0.500. The molecule has 1 fully saturated rings.